The number of thiophene rings is 1. The van der Waals surface area contributed by atoms with Crippen molar-refractivity contribution in [3.63, 3.8) is 0 Å². The van der Waals surface area contributed by atoms with Gasteiger partial charge < -0.3 is 10.6 Å². The Kier molecular flexibility index (Phi) is 6.31. The number of carbonyl (C=O) groups excluding carboxylic acids is 2. The minimum atomic E-state index is -0.414. The first-order chi connectivity index (χ1) is 12.6. The van der Waals surface area contributed by atoms with E-state index in [2.05, 4.69) is 20.8 Å². The van der Waals surface area contributed by atoms with E-state index in [-0.39, 0.29) is 24.0 Å². The van der Waals surface area contributed by atoms with Crippen LogP contribution < -0.4 is 10.6 Å². The number of hydrogen-bond donors (Lipinski definition) is 2. The van der Waals surface area contributed by atoms with Gasteiger partial charge in [0.2, 0.25) is 16.9 Å². The van der Waals surface area contributed by atoms with Crippen molar-refractivity contribution in [2.75, 3.05) is 16.4 Å². The number of hydrogen-bond acceptors (Lipinski definition) is 7. The van der Waals surface area contributed by atoms with E-state index in [1.807, 2.05) is 17.5 Å². The van der Waals surface area contributed by atoms with Gasteiger partial charge in [-0.1, -0.05) is 35.2 Å². The smallest absolute Gasteiger partial charge is 0.234 e. The van der Waals surface area contributed by atoms with Crippen LogP contribution in [0.5, 0.6) is 0 Å². The van der Waals surface area contributed by atoms with Crippen molar-refractivity contribution in [3.8, 4) is 0 Å². The zero-order valence-electron chi connectivity index (χ0n) is 13.3. The fourth-order valence-corrected chi connectivity index (χ4v) is 4.22. The molecule has 0 aliphatic heterocycles. The van der Waals surface area contributed by atoms with Crippen LogP contribution in [0.4, 0.5) is 15.2 Å². The second kappa shape index (κ2) is 8.88. The monoisotopic (exact) mass is 408 g/mol. The Balaban J connectivity index is 1.46. The molecule has 3 rings (SSSR count). The molecule has 26 heavy (non-hydrogen) atoms. The van der Waals surface area contributed by atoms with Crippen molar-refractivity contribution in [2.24, 2.45) is 0 Å². The van der Waals surface area contributed by atoms with Gasteiger partial charge in [-0.2, -0.15) is 0 Å². The number of rotatable bonds is 7. The summed E-state index contributed by atoms with van der Waals surface area (Å²) in [5.74, 6) is -0.750. The average molecular weight is 409 g/mol. The minimum Gasteiger partial charge on any atom is -0.325 e. The van der Waals surface area contributed by atoms with Crippen molar-refractivity contribution < 1.29 is 14.0 Å². The van der Waals surface area contributed by atoms with Gasteiger partial charge in [0.05, 0.1) is 12.2 Å². The molecular formula is C16H13FN4O2S3. The summed E-state index contributed by atoms with van der Waals surface area (Å²) in [7, 11) is 0. The van der Waals surface area contributed by atoms with Crippen molar-refractivity contribution in [1.82, 2.24) is 10.2 Å². The molecule has 0 unspecified atom stereocenters. The highest BCUT2D eigenvalue weighted by Gasteiger charge is 2.11. The molecule has 2 amide bonds. The summed E-state index contributed by atoms with van der Waals surface area (Å²) in [5.41, 5.74) is 0.398. The number of aromatic nitrogens is 2. The van der Waals surface area contributed by atoms with E-state index in [1.165, 1.54) is 52.6 Å². The molecule has 0 spiro atoms. The number of benzene rings is 1. The third-order valence-electron chi connectivity index (χ3n) is 3.00. The van der Waals surface area contributed by atoms with Crippen LogP contribution in [0.3, 0.4) is 0 Å². The van der Waals surface area contributed by atoms with Crippen molar-refractivity contribution in [1.29, 1.82) is 0 Å². The second-order valence-corrected chi connectivity index (χ2v) is 8.26. The van der Waals surface area contributed by atoms with Gasteiger partial charge in [-0.15, -0.1) is 21.5 Å². The fraction of sp³-hybridized carbons (Fsp3) is 0.125. The van der Waals surface area contributed by atoms with Crippen LogP contribution in [-0.2, 0) is 16.0 Å². The minimum absolute atomic E-state index is 0.105. The van der Waals surface area contributed by atoms with Crippen molar-refractivity contribution in [3.05, 3.63) is 52.5 Å². The predicted molar refractivity (Wildman–Crippen MR) is 102 cm³/mol. The molecule has 0 fully saturated rings. The van der Waals surface area contributed by atoms with Gasteiger partial charge in [0.25, 0.3) is 0 Å². The fourth-order valence-electron chi connectivity index (χ4n) is 1.94. The molecule has 0 saturated carbocycles. The molecule has 0 bridgehead atoms. The molecule has 10 heteroatoms. The molecule has 2 aromatic heterocycles. The largest absolute Gasteiger partial charge is 0.325 e. The Bertz CT molecular complexity index is 899. The van der Waals surface area contributed by atoms with E-state index >= 15 is 0 Å². The molecule has 6 nitrogen and oxygen atoms in total. The number of nitrogens with one attached hydrogen (secondary N) is 2. The van der Waals surface area contributed by atoms with Gasteiger partial charge in [-0.25, -0.2) is 4.39 Å². The van der Waals surface area contributed by atoms with Crippen LogP contribution in [0.25, 0.3) is 0 Å². The highest BCUT2D eigenvalue weighted by atomic mass is 32.2. The third-order valence-corrected chi connectivity index (χ3v) is 5.85. The molecule has 0 saturated heterocycles. The van der Waals surface area contributed by atoms with Gasteiger partial charge in [0, 0.05) is 10.6 Å². The lowest BCUT2D eigenvalue weighted by atomic mass is 10.3. The summed E-state index contributed by atoms with van der Waals surface area (Å²) < 4.78 is 13.6. The third kappa shape index (κ3) is 5.61. The maximum Gasteiger partial charge on any atom is 0.234 e. The van der Waals surface area contributed by atoms with Crippen LogP contribution in [0.1, 0.15) is 4.88 Å². The second-order valence-electron chi connectivity index (χ2n) is 5.02. The van der Waals surface area contributed by atoms with Crippen LogP contribution >= 0.6 is 34.4 Å². The Morgan fingerprint density at radius 1 is 1.12 bits per heavy atom. The molecule has 2 N–H and O–H groups in total. The molecule has 1 aromatic carbocycles. The lowest BCUT2D eigenvalue weighted by Gasteiger charge is -2.03. The standard InChI is InChI=1S/C16H13FN4O2S3/c17-10-3-1-4-11(7-10)18-14(23)9-25-16-21-20-15(26-16)19-13(22)8-12-5-2-6-24-12/h1-7H,8-9H2,(H,18,23)(H,19,20,22). The average Bonchev–Trinajstić information content (AvgIpc) is 3.25. The van der Waals surface area contributed by atoms with Gasteiger partial charge in [-0.05, 0) is 29.6 Å². The van der Waals surface area contributed by atoms with Crippen LogP contribution in [0, 0.1) is 5.82 Å². The summed E-state index contributed by atoms with van der Waals surface area (Å²) in [6.45, 7) is 0. The summed E-state index contributed by atoms with van der Waals surface area (Å²) >= 11 is 3.91. The predicted octanol–water partition coefficient (Wildman–Crippen LogP) is 3.65. The van der Waals surface area contributed by atoms with Crippen LogP contribution in [0.15, 0.2) is 46.1 Å². The molecule has 0 radical (unpaired) electrons. The first-order valence-electron chi connectivity index (χ1n) is 7.42. The number of halogens is 1. The molecule has 134 valence electrons. The number of amides is 2. The van der Waals surface area contributed by atoms with E-state index in [4.69, 9.17) is 0 Å². The molecule has 0 aliphatic carbocycles. The maximum atomic E-state index is 13.1. The van der Waals surface area contributed by atoms with Crippen molar-refractivity contribution in [2.45, 2.75) is 10.8 Å². The Hall–Kier alpha value is -2.30. The SMILES string of the molecule is O=C(CSc1nnc(NC(=O)Cc2cccs2)s1)Nc1cccc(F)c1. The van der Waals surface area contributed by atoms with Gasteiger partial charge in [0.15, 0.2) is 4.34 Å². The van der Waals surface area contributed by atoms with Gasteiger partial charge >= 0.3 is 0 Å². The van der Waals surface area contributed by atoms with Crippen LogP contribution in [0.2, 0.25) is 0 Å². The number of nitrogens with zero attached hydrogens (tertiary/aromatic N) is 2. The highest BCUT2D eigenvalue weighted by molar-refractivity contribution is 8.01. The summed E-state index contributed by atoms with van der Waals surface area (Å²) in [6, 6.07) is 9.46. The summed E-state index contributed by atoms with van der Waals surface area (Å²) in [5, 5.41) is 15.4. The summed E-state index contributed by atoms with van der Waals surface area (Å²) in [4.78, 5) is 24.8. The van der Waals surface area contributed by atoms with E-state index in [0.29, 0.717) is 15.2 Å². The molecule has 0 aliphatic rings. The molecule has 3 aromatic rings. The van der Waals surface area contributed by atoms with E-state index in [9.17, 15) is 14.0 Å². The zero-order valence-corrected chi connectivity index (χ0v) is 15.7. The topological polar surface area (TPSA) is 84.0 Å². The lowest BCUT2D eigenvalue weighted by molar-refractivity contribution is -0.115. The van der Waals surface area contributed by atoms with E-state index in [0.717, 1.165) is 4.88 Å². The number of thioether (sulfide) groups is 1. The lowest BCUT2D eigenvalue weighted by Crippen LogP contribution is -2.13. The first-order valence-corrected chi connectivity index (χ1v) is 10.1. The van der Waals surface area contributed by atoms with Crippen LogP contribution in [-0.4, -0.2) is 27.8 Å². The van der Waals surface area contributed by atoms with Crippen molar-refractivity contribution >= 4 is 57.1 Å². The van der Waals surface area contributed by atoms with Gasteiger partial charge in [0.1, 0.15) is 5.82 Å². The molecular weight excluding hydrogens is 395 g/mol. The Labute approximate surface area is 160 Å². The Morgan fingerprint density at radius 3 is 2.77 bits per heavy atom. The summed E-state index contributed by atoms with van der Waals surface area (Å²) in [6.07, 6.45) is 0.287. The quantitative estimate of drug-likeness (QED) is 0.461. The number of carbonyl (C=O) groups is 2. The van der Waals surface area contributed by atoms with E-state index < -0.39 is 5.82 Å². The zero-order chi connectivity index (χ0) is 18.4. The number of anilines is 2. The highest BCUT2D eigenvalue weighted by Crippen LogP contribution is 2.25. The van der Waals surface area contributed by atoms with E-state index in [1.54, 1.807) is 6.07 Å². The van der Waals surface area contributed by atoms with Gasteiger partial charge in [-0.3, -0.25) is 9.59 Å². The Morgan fingerprint density at radius 2 is 2.00 bits per heavy atom. The molecule has 0 atom stereocenters. The normalized spacial score (nSPS) is 10.5. The maximum absolute atomic E-state index is 13.1. The first kappa shape index (κ1) is 18.5. The molecule has 2 heterocycles.